The van der Waals surface area contributed by atoms with Crippen molar-refractivity contribution in [2.75, 3.05) is 11.1 Å². The molecule has 124 valence electrons. The predicted molar refractivity (Wildman–Crippen MR) is 92.6 cm³/mol. The van der Waals surface area contributed by atoms with Gasteiger partial charge in [0.15, 0.2) is 16.1 Å². The summed E-state index contributed by atoms with van der Waals surface area (Å²) in [5.41, 5.74) is 1.64. The second-order valence-corrected chi connectivity index (χ2v) is 6.80. The molecule has 0 aliphatic rings. The summed E-state index contributed by atoms with van der Waals surface area (Å²) in [6, 6.07) is 6.04. The fraction of sp³-hybridized carbons (Fsp3) is 0.200. The molecule has 0 saturated carbocycles. The van der Waals surface area contributed by atoms with E-state index in [4.69, 9.17) is 0 Å². The van der Waals surface area contributed by atoms with Crippen molar-refractivity contribution >= 4 is 34.1 Å². The number of nitrogens with zero attached hydrogens (tertiary/aromatic N) is 4. The number of aromatic nitrogens is 4. The van der Waals surface area contributed by atoms with Crippen LogP contribution in [0.3, 0.4) is 0 Å². The smallest absolute Gasteiger partial charge is 0.236 e. The standard InChI is InChI=1S/C15H14FN5OS2/c1-9-7-23-14(17-9)18-12(22)8-24-15-20-19-13(21(15)2)10-3-5-11(16)6-4-10/h3-7H,8H2,1-2H3,(H,17,18,22). The maximum absolute atomic E-state index is 13.0. The van der Waals surface area contributed by atoms with E-state index in [0.717, 1.165) is 11.3 Å². The summed E-state index contributed by atoms with van der Waals surface area (Å²) in [6.45, 7) is 1.87. The molecular formula is C15H14FN5OS2. The Morgan fingerprint density at radius 2 is 2.08 bits per heavy atom. The molecule has 1 N–H and O–H groups in total. The van der Waals surface area contributed by atoms with Gasteiger partial charge >= 0.3 is 0 Å². The Bertz CT molecular complexity index is 859. The van der Waals surface area contributed by atoms with Crippen LogP contribution in [0.15, 0.2) is 34.8 Å². The summed E-state index contributed by atoms with van der Waals surface area (Å²) in [5.74, 6) is 0.368. The summed E-state index contributed by atoms with van der Waals surface area (Å²) in [7, 11) is 1.81. The van der Waals surface area contributed by atoms with Crippen molar-refractivity contribution < 1.29 is 9.18 Å². The molecule has 0 aliphatic carbocycles. The van der Waals surface area contributed by atoms with E-state index >= 15 is 0 Å². The topological polar surface area (TPSA) is 72.7 Å². The van der Waals surface area contributed by atoms with Crippen molar-refractivity contribution in [1.29, 1.82) is 0 Å². The fourth-order valence-corrected chi connectivity index (χ4v) is 3.40. The average molecular weight is 363 g/mol. The maximum Gasteiger partial charge on any atom is 0.236 e. The maximum atomic E-state index is 13.0. The Balaban J connectivity index is 1.63. The van der Waals surface area contributed by atoms with Gasteiger partial charge in [-0.05, 0) is 31.2 Å². The summed E-state index contributed by atoms with van der Waals surface area (Å²) < 4.78 is 14.8. The lowest BCUT2D eigenvalue weighted by Gasteiger charge is -2.04. The highest BCUT2D eigenvalue weighted by Gasteiger charge is 2.13. The van der Waals surface area contributed by atoms with Crippen LogP contribution in [-0.2, 0) is 11.8 Å². The molecule has 0 radical (unpaired) electrons. The molecule has 2 aromatic heterocycles. The first kappa shape index (κ1) is 16.6. The van der Waals surface area contributed by atoms with Gasteiger partial charge in [-0.3, -0.25) is 4.79 Å². The van der Waals surface area contributed by atoms with Crippen LogP contribution in [0.5, 0.6) is 0 Å². The number of halogens is 1. The van der Waals surface area contributed by atoms with Gasteiger partial charge in [-0.2, -0.15) is 0 Å². The third-order valence-electron chi connectivity index (χ3n) is 3.14. The van der Waals surface area contributed by atoms with Crippen molar-refractivity contribution in [3.63, 3.8) is 0 Å². The van der Waals surface area contributed by atoms with Gasteiger partial charge in [0.2, 0.25) is 5.91 Å². The molecule has 0 aliphatic heterocycles. The zero-order valence-electron chi connectivity index (χ0n) is 13.0. The first-order valence-electron chi connectivity index (χ1n) is 7.03. The first-order chi connectivity index (χ1) is 11.5. The molecule has 9 heteroatoms. The lowest BCUT2D eigenvalue weighted by Crippen LogP contribution is -2.14. The van der Waals surface area contributed by atoms with E-state index in [0.29, 0.717) is 16.1 Å². The van der Waals surface area contributed by atoms with Crippen molar-refractivity contribution in [1.82, 2.24) is 19.7 Å². The zero-order chi connectivity index (χ0) is 17.1. The number of anilines is 1. The van der Waals surface area contributed by atoms with Crippen LogP contribution < -0.4 is 5.32 Å². The number of carbonyl (C=O) groups is 1. The van der Waals surface area contributed by atoms with E-state index in [9.17, 15) is 9.18 Å². The number of rotatable bonds is 5. The van der Waals surface area contributed by atoms with E-state index in [2.05, 4.69) is 20.5 Å². The number of benzene rings is 1. The molecule has 0 fully saturated rings. The summed E-state index contributed by atoms with van der Waals surface area (Å²) in [5, 5.41) is 14.0. The van der Waals surface area contributed by atoms with Crippen LogP contribution in [0.2, 0.25) is 0 Å². The molecule has 1 aromatic carbocycles. The number of thiazole rings is 1. The van der Waals surface area contributed by atoms with Gasteiger partial charge in [-0.1, -0.05) is 11.8 Å². The van der Waals surface area contributed by atoms with Crippen molar-refractivity contribution in [2.45, 2.75) is 12.1 Å². The minimum Gasteiger partial charge on any atom is -0.305 e. The van der Waals surface area contributed by atoms with Gasteiger partial charge in [-0.15, -0.1) is 21.5 Å². The third kappa shape index (κ3) is 3.80. The summed E-state index contributed by atoms with van der Waals surface area (Å²) in [6.07, 6.45) is 0. The average Bonchev–Trinajstić information content (AvgIpc) is 3.12. The van der Waals surface area contributed by atoms with Gasteiger partial charge in [0, 0.05) is 18.0 Å². The number of hydrogen-bond donors (Lipinski definition) is 1. The third-order valence-corrected chi connectivity index (χ3v) is 5.03. The van der Waals surface area contributed by atoms with E-state index in [1.54, 1.807) is 16.7 Å². The predicted octanol–water partition coefficient (Wildman–Crippen LogP) is 3.12. The molecule has 6 nitrogen and oxygen atoms in total. The Hall–Kier alpha value is -2.26. The van der Waals surface area contributed by atoms with Crippen molar-refractivity contribution in [2.24, 2.45) is 7.05 Å². The SMILES string of the molecule is Cc1csc(NC(=O)CSc2nnc(-c3ccc(F)cc3)n2C)n1. The van der Waals surface area contributed by atoms with E-state index in [1.165, 1.54) is 35.2 Å². The van der Waals surface area contributed by atoms with Crippen LogP contribution in [-0.4, -0.2) is 31.4 Å². The van der Waals surface area contributed by atoms with Gasteiger partial charge in [0.05, 0.1) is 11.4 Å². The van der Waals surface area contributed by atoms with E-state index in [-0.39, 0.29) is 17.5 Å². The number of hydrogen-bond acceptors (Lipinski definition) is 6. The van der Waals surface area contributed by atoms with Gasteiger partial charge in [-0.25, -0.2) is 9.37 Å². The normalized spacial score (nSPS) is 10.8. The zero-order valence-corrected chi connectivity index (χ0v) is 14.6. The van der Waals surface area contributed by atoms with Crippen LogP contribution in [0.1, 0.15) is 5.69 Å². The molecule has 3 rings (SSSR count). The largest absolute Gasteiger partial charge is 0.305 e. The number of aryl methyl sites for hydroxylation is 1. The lowest BCUT2D eigenvalue weighted by molar-refractivity contribution is -0.113. The Morgan fingerprint density at radius 1 is 1.33 bits per heavy atom. The number of nitrogens with one attached hydrogen (secondary N) is 1. The molecule has 0 saturated heterocycles. The second-order valence-electron chi connectivity index (χ2n) is 5.00. The molecule has 2 heterocycles. The molecule has 1 amide bonds. The van der Waals surface area contributed by atoms with E-state index < -0.39 is 0 Å². The highest BCUT2D eigenvalue weighted by atomic mass is 32.2. The lowest BCUT2D eigenvalue weighted by atomic mass is 10.2. The fourth-order valence-electron chi connectivity index (χ4n) is 1.99. The number of amides is 1. The van der Waals surface area contributed by atoms with Crippen LogP contribution in [0, 0.1) is 12.7 Å². The van der Waals surface area contributed by atoms with Gasteiger partial charge in [0.1, 0.15) is 5.82 Å². The Morgan fingerprint density at radius 3 is 2.75 bits per heavy atom. The monoisotopic (exact) mass is 363 g/mol. The first-order valence-corrected chi connectivity index (χ1v) is 8.89. The second kappa shape index (κ2) is 7.10. The minimum absolute atomic E-state index is 0.152. The number of carbonyl (C=O) groups excluding carboxylic acids is 1. The molecular weight excluding hydrogens is 349 g/mol. The quantitative estimate of drug-likeness (QED) is 0.705. The van der Waals surface area contributed by atoms with E-state index in [1.807, 2.05) is 19.4 Å². The van der Waals surface area contributed by atoms with Crippen LogP contribution in [0.25, 0.3) is 11.4 Å². The molecule has 0 unspecified atom stereocenters. The molecule has 3 aromatic rings. The highest BCUT2D eigenvalue weighted by Crippen LogP contribution is 2.23. The van der Waals surface area contributed by atoms with Gasteiger partial charge in [0.25, 0.3) is 0 Å². The minimum atomic E-state index is -0.301. The van der Waals surface area contributed by atoms with Crippen molar-refractivity contribution in [3.05, 3.63) is 41.2 Å². The Kier molecular flexibility index (Phi) is 4.91. The highest BCUT2D eigenvalue weighted by molar-refractivity contribution is 7.99. The Labute approximate surface area is 146 Å². The van der Waals surface area contributed by atoms with Crippen LogP contribution >= 0.6 is 23.1 Å². The van der Waals surface area contributed by atoms with Gasteiger partial charge < -0.3 is 9.88 Å². The summed E-state index contributed by atoms with van der Waals surface area (Å²) in [4.78, 5) is 16.1. The number of thioether (sulfide) groups is 1. The van der Waals surface area contributed by atoms with Crippen molar-refractivity contribution in [3.8, 4) is 11.4 Å². The molecule has 0 atom stereocenters. The molecule has 0 spiro atoms. The molecule has 0 bridgehead atoms. The molecule has 24 heavy (non-hydrogen) atoms. The summed E-state index contributed by atoms with van der Waals surface area (Å²) >= 11 is 2.67. The van der Waals surface area contributed by atoms with Crippen LogP contribution in [0.4, 0.5) is 9.52 Å².